The van der Waals surface area contributed by atoms with Gasteiger partial charge in [-0.2, -0.15) is 0 Å². The largest absolute Gasteiger partial charge is 0.381 e. The predicted octanol–water partition coefficient (Wildman–Crippen LogP) is 4.58. The highest BCUT2D eigenvalue weighted by Gasteiger charge is 2.15. The van der Waals surface area contributed by atoms with E-state index in [1.807, 2.05) is 12.1 Å². The second-order valence-electron chi connectivity index (χ2n) is 7.62. The van der Waals surface area contributed by atoms with E-state index in [1.54, 1.807) is 6.07 Å². The molecule has 1 fully saturated rings. The summed E-state index contributed by atoms with van der Waals surface area (Å²) in [4.78, 5) is 20.4. The molecular weight excluding hydrogens is 449 g/mol. The van der Waals surface area contributed by atoms with E-state index in [0.717, 1.165) is 40.8 Å². The molecule has 10 heteroatoms. The van der Waals surface area contributed by atoms with Gasteiger partial charge in [-0.25, -0.2) is 19.3 Å². The van der Waals surface area contributed by atoms with E-state index in [0.29, 0.717) is 28.9 Å². The Bertz CT molecular complexity index is 1320. The van der Waals surface area contributed by atoms with Crippen molar-refractivity contribution in [1.29, 1.82) is 0 Å². The molecule has 0 amide bonds. The van der Waals surface area contributed by atoms with Crippen LogP contribution in [0.3, 0.4) is 0 Å². The van der Waals surface area contributed by atoms with Crippen LogP contribution in [0, 0.1) is 5.82 Å². The van der Waals surface area contributed by atoms with Crippen LogP contribution in [0.25, 0.3) is 21.1 Å². The Labute approximate surface area is 193 Å². The molecule has 4 aromatic rings. The number of hydrogen-bond acceptors (Lipinski definition) is 7. The third-order valence-corrected chi connectivity index (χ3v) is 6.86. The Morgan fingerprint density at radius 1 is 1.19 bits per heavy atom. The summed E-state index contributed by atoms with van der Waals surface area (Å²) in [7, 11) is 0. The number of benzene rings is 2. The molecule has 1 aliphatic heterocycles. The third kappa shape index (κ3) is 4.23. The summed E-state index contributed by atoms with van der Waals surface area (Å²) in [5.41, 5.74) is 8.45. The molecule has 0 unspecified atom stereocenters. The Hall–Kier alpha value is -2.88. The molecule has 2 aromatic carbocycles. The monoisotopic (exact) mass is 469 g/mol. The molecule has 32 heavy (non-hydrogen) atoms. The van der Waals surface area contributed by atoms with Crippen LogP contribution in [0.15, 0.2) is 41.7 Å². The summed E-state index contributed by atoms with van der Waals surface area (Å²) in [5, 5.41) is 4.75. The fourth-order valence-corrected chi connectivity index (χ4v) is 5.04. The zero-order valence-electron chi connectivity index (χ0n) is 17.2. The number of nitrogens with one attached hydrogen (secondary N) is 1. The van der Waals surface area contributed by atoms with E-state index in [1.165, 1.54) is 42.6 Å². The average Bonchev–Trinajstić information content (AvgIpc) is 3.46. The van der Waals surface area contributed by atoms with E-state index in [2.05, 4.69) is 30.2 Å². The van der Waals surface area contributed by atoms with Crippen LogP contribution in [0.2, 0.25) is 5.02 Å². The van der Waals surface area contributed by atoms with E-state index < -0.39 is 5.82 Å². The SMILES string of the molecule is NC(=NCCN1CCCC1)c1nc2ccc3ncnc(Nc4ccc(F)c(Cl)c4)c3c2s1. The quantitative estimate of drug-likeness (QED) is 0.317. The van der Waals surface area contributed by atoms with Gasteiger partial charge in [-0.05, 0) is 56.3 Å². The first kappa shape index (κ1) is 21.0. The predicted molar refractivity (Wildman–Crippen MR) is 129 cm³/mol. The molecule has 0 atom stereocenters. The summed E-state index contributed by atoms with van der Waals surface area (Å²) < 4.78 is 14.4. The smallest absolute Gasteiger partial charge is 0.159 e. The molecule has 1 saturated heterocycles. The molecule has 0 radical (unpaired) electrons. The van der Waals surface area contributed by atoms with Gasteiger partial charge in [0.25, 0.3) is 0 Å². The number of nitrogens with zero attached hydrogens (tertiary/aromatic N) is 5. The van der Waals surface area contributed by atoms with Gasteiger partial charge in [0.15, 0.2) is 10.8 Å². The topological polar surface area (TPSA) is 92.3 Å². The Kier molecular flexibility index (Phi) is 5.86. The number of aromatic nitrogens is 3. The van der Waals surface area contributed by atoms with Gasteiger partial charge in [-0.15, -0.1) is 11.3 Å². The van der Waals surface area contributed by atoms with Gasteiger partial charge < -0.3 is 16.0 Å². The zero-order valence-corrected chi connectivity index (χ0v) is 18.8. The molecule has 3 heterocycles. The number of anilines is 2. The molecule has 0 aliphatic carbocycles. The number of likely N-dealkylation sites (tertiary alicyclic amines) is 1. The lowest BCUT2D eigenvalue weighted by molar-refractivity contribution is 0.349. The van der Waals surface area contributed by atoms with Crippen molar-refractivity contribution in [3.05, 3.63) is 52.5 Å². The van der Waals surface area contributed by atoms with Crippen molar-refractivity contribution in [3.8, 4) is 0 Å². The number of aliphatic imine (C=N–C) groups is 1. The number of halogens is 2. The highest BCUT2D eigenvalue weighted by molar-refractivity contribution is 7.21. The zero-order chi connectivity index (χ0) is 22.1. The van der Waals surface area contributed by atoms with Crippen LogP contribution in [0.4, 0.5) is 15.9 Å². The first-order valence-electron chi connectivity index (χ1n) is 10.4. The van der Waals surface area contributed by atoms with Gasteiger partial charge in [0.1, 0.15) is 18.0 Å². The van der Waals surface area contributed by atoms with Crippen LogP contribution in [0.1, 0.15) is 17.8 Å². The molecule has 0 bridgehead atoms. The molecule has 2 aromatic heterocycles. The fourth-order valence-electron chi connectivity index (χ4n) is 3.83. The maximum atomic E-state index is 13.5. The van der Waals surface area contributed by atoms with Crippen molar-refractivity contribution in [1.82, 2.24) is 19.9 Å². The van der Waals surface area contributed by atoms with Gasteiger partial charge in [-0.1, -0.05) is 11.6 Å². The van der Waals surface area contributed by atoms with Crippen LogP contribution in [0.5, 0.6) is 0 Å². The van der Waals surface area contributed by atoms with Gasteiger partial charge in [0, 0.05) is 12.2 Å². The highest BCUT2D eigenvalue weighted by Crippen LogP contribution is 2.34. The minimum Gasteiger partial charge on any atom is -0.381 e. The second-order valence-corrected chi connectivity index (χ2v) is 9.03. The minimum absolute atomic E-state index is 0.0384. The van der Waals surface area contributed by atoms with E-state index >= 15 is 0 Å². The first-order valence-corrected chi connectivity index (χ1v) is 11.6. The molecule has 5 rings (SSSR count). The molecule has 164 valence electrons. The summed E-state index contributed by atoms with van der Waals surface area (Å²) in [6.07, 6.45) is 4.00. The summed E-state index contributed by atoms with van der Waals surface area (Å²) in [6.45, 7) is 3.84. The van der Waals surface area contributed by atoms with E-state index in [4.69, 9.17) is 17.3 Å². The average molecular weight is 470 g/mol. The van der Waals surface area contributed by atoms with Gasteiger partial charge >= 0.3 is 0 Å². The van der Waals surface area contributed by atoms with Crippen LogP contribution >= 0.6 is 22.9 Å². The molecule has 3 N–H and O–H groups in total. The van der Waals surface area contributed by atoms with Gasteiger partial charge in [0.05, 0.1) is 32.7 Å². The maximum absolute atomic E-state index is 13.5. The molecule has 1 aliphatic rings. The highest BCUT2D eigenvalue weighted by atomic mass is 35.5. The molecule has 7 nitrogen and oxygen atoms in total. The first-order chi connectivity index (χ1) is 15.6. The lowest BCUT2D eigenvalue weighted by atomic mass is 10.2. The number of nitrogens with two attached hydrogens (primary N) is 1. The van der Waals surface area contributed by atoms with Crippen molar-refractivity contribution in [3.63, 3.8) is 0 Å². The van der Waals surface area contributed by atoms with Crippen LogP contribution in [-0.4, -0.2) is 51.9 Å². The number of rotatable bonds is 6. The number of thiazole rings is 1. The number of amidine groups is 1. The van der Waals surface area contributed by atoms with Gasteiger partial charge in [-0.3, -0.25) is 4.99 Å². The minimum atomic E-state index is -0.473. The van der Waals surface area contributed by atoms with Crippen molar-refractivity contribution in [2.24, 2.45) is 10.7 Å². The number of hydrogen-bond donors (Lipinski definition) is 2. The summed E-state index contributed by atoms with van der Waals surface area (Å²) >= 11 is 7.39. The lowest BCUT2D eigenvalue weighted by Crippen LogP contribution is -2.24. The van der Waals surface area contributed by atoms with Crippen LogP contribution in [-0.2, 0) is 0 Å². The third-order valence-electron chi connectivity index (χ3n) is 5.45. The van der Waals surface area contributed by atoms with Crippen molar-refractivity contribution in [2.75, 3.05) is 31.5 Å². The van der Waals surface area contributed by atoms with Crippen LogP contribution < -0.4 is 11.1 Å². The van der Waals surface area contributed by atoms with Crippen molar-refractivity contribution in [2.45, 2.75) is 12.8 Å². The Morgan fingerprint density at radius 3 is 2.81 bits per heavy atom. The standard InChI is InChI=1S/C22H21ClFN7S/c23-14-11-13(3-4-15(14)24)29-21-18-16(27-12-28-21)5-6-17-19(18)32-22(30-17)20(25)26-7-10-31-8-1-2-9-31/h3-6,11-12H,1-2,7-10H2,(H2,25,26)(H,27,28,29). The van der Waals surface area contributed by atoms with Crippen molar-refractivity contribution < 1.29 is 4.39 Å². The lowest BCUT2D eigenvalue weighted by Gasteiger charge is -2.11. The maximum Gasteiger partial charge on any atom is 0.159 e. The normalized spacial score (nSPS) is 15.1. The second kappa shape index (κ2) is 8.93. The molecule has 0 saturated carbocycles. The van der Waals surface area contributed by atoms with Crippen molar-refractivity contribution >= 4 is 61.4 Å². The Balaban J connectivity index is 1.48. The van der Waals surface area contributed by atoms with E-state index in [9.17, 15) is 4.39 Å². The molecule has 0 spiro atoms. The summed E-state index contributed by atoms with van der Waals surface area (Å²) in [5.74, 6) is 0.553. The van der Waals surface area contributed by atoms with Gasteiger partial charge in [0.2, 0.25) is 0 Å². The summed E-state index contributed by atoms with van der Waals surface area (Å²) in [6, 6.07) is 8.26. The Morgan fingerprint density at radius 2 is 2.00 bits per heavy atom. The molecular formula is C22H21ClFN7S. The fraction of sp³-hybridized carbons (Fsp3) is 0.273. The number of fused-ring (bicyclic) bond motifs is 3. The van der Waals surface area contributed by atoms with E-state index in [-0.39, 0.29) is 5.02 Å².